The van der Waals surface area contributed by atoms with Crippen LogP contribution in [0.25, 0.3) is 0 Å². The standard InChI is InChI=1S/C43H73NO3/c1-31(2)12-9-13-32(3)39-22-23-40-38-21-20-34-30-33(24-27-42(34,4)41(38)25-28-43(39,40)5)14-7-6-8-15-35(45)16-10-17-36(46)18-11-19-37(47)26-29-44/h20,31-33,38-41H,6-19,21-30,44H2,1-5H3/t32-,33+,38?,39?,40?,41?,42?,43?/m1/s1. The van der Waals surface area contributed by atoms with Crippen LogP contribution >= 0.6 is 0 Å². The van der Waals surface area contributed by atoms with Crippen LogP contribution < -0.4 is 5.73 Å². The highest BCUT2D eigenvalue weighted by atomic mass is 16.1. The van der Waals surface area contributed by atoms with Crippen molar-refractivity contribution in [2.24, 2.45) is 58.0 Å². The quantitative estimate of drug-likeness (QED) is 0.0989. The third-order valence-corrected chi connectivity index (χ3v) is 14.2. The van der Waals surface area contributed by atoms with E-state index in [4.69, 9.17) is 5.73 Å². The SMILES string of the molecule is CC(C)CCC[C@@H](C)C1CCC2C3CC=C4C[C@@H](CCCCCC(=O)CCCC(=O)CCCC(=O)CCN)CCC4(C)C3CCC21C. The molecule has 3 fully saturated rings. The van der Waals surface area contributed by atoms with E-state index in [1.807, 2.05) is 5.57 Å². The van der Waals surface area contributed by atoms with E-state index in [2.05, 4.69) is 40.7 Å². The zero-order chi connectivity index (χ0) is 34.0. The summed E-state index contributed by atoms with van der Waals surface area (Å²) >= 11 is 0. The highest BCUT2D eigenvalue weighted by Gasteiger charge is 2.59. The molecule has 0 saturated heterocycles. The van der Waals surface area contributed by atoms with Crippen LogP contribution in [0.3, 0.4) is 0 Å². The van der Waals surface area contributed by atoms with Crippen molar-refractivity contribution in [2.45, 2.75) is 182 Å². The molecule has 4 heteroatoms. The van der Waals surface area contributed by atoms with Gasteiger partial charge in [-0.3, -0.25) is 14.4 Å². The number of hydrogen-bond donors (Lipinski definition) is 1. The molecule has 4 nitrogen and oxygen atoms in total. The smallest absolute Gasteiger partial charge is 0.134 e. The van der Waals surface area contributed by atoms with Crippen molar-refractivity contribution in [3.63, 3.8) is 0 Å². The molecular formula is C43H73NO3. The molecule has 0 aliphatic heterocycles. The van der Waals surface area contributed by atoms with Crippen molar-refractivity contribution in [1.29, 1.82) is 0 Å². The summed E-state index contributed by atoms with van der Waals surface area (Å²) < 4.78 is 0. The van der Waals surface area contributed by atoms with Gasteiger partial charge >= 0.3 is 0 Å². The predicted octanol–water partition coefficient (Wildman–Crippen LogP) is 11.0. The Labute approximate surface area is 289 Å². The zero-order valence-corrected chi connectivity index (χ0v) is 31.4. The van der Waals surface area contributed by atoms with E-state index in [0.717, 1.165) is 54.3 Å². The number of carbonyl (C=O) groups excluding carboxylic acids is 3. The van der Waals surface area contributed by atoms with Gasteiger partial charge in [0, 0.05) is 38.5 Å². The first-order valence-corrected chi connectivity index (χ1v) is 20.4. The average Bonchev–Trinajstić information content (AvgIpc) is 3.38. The number of allylic oxidation sites excluding steroid dienone is 2. The fourth-order valence-corrected chi connectivity index (χ4v) is 11.4. The van der Waals surface area contributed by atoms with Crippen LogP contribution in [0.4, 0.5) is 0 Å². The molecular weight excluding hydrogens is 578 g/mol. The number of rotatable bonds is 21. The minimum Gasteiger partial charge on any atom is -0.330 e. The minimum absolute atomic E-state index is 0.142. The topological polar surface area (TPSA) is 77.2 Å². The van der Waals surface area contributed by atoms with Crippen LogP contribution in [0.15, 0.2) is 11.6 Å². The first kappa shape index (κ1) is 38.5. The van der Waals surface area contributed by atoms with E-state index in [1.165, 1.54) is 83.5 Å². The van der Waals surface area contributed by atoms with Gasteiger partial charge < -0.3 is 5.73 Å². The van der Waals surface area contributed by atoms with Gasteiger partial charge in [0.25, 0.3) is 0 Å². The van der Waals surface area contributed by atoms with Crippen molar-refractivity contribution in [1.82, 2.24) is 0 Å². The van der Waals surface area contributed by atoms with Crippen LogP contribution in [0.5, 0.6) is 0 Å². The number of fused-ring (bicyclic) bond motifs is 5. The van der Waals surface area contributed by atoms with Crippen LogP contribution in [0.1, 0.15) is 182 Å². The summed E-state index contributed by atoms with van der Waals surface area (Å²) in [5.41, 5.74) is 8.24. The molecule has 0 aromatic heterocycles. The van der Waals surface area contributed by atoms with E-state index >= 15 is 0 Å². The molecule has 0 radical (unpaired) electrons. The maximum atomic E-state index is 12.4. The van der Waals surface area contributed by atoms with Gasteiger partial charge in [-0.1, -0.05) is 84.8 Å². The Morgan fingerprint density at radius 3 is 2.06 bits per heavy atom. The first-order chi connectivity index (χ1) is 22.5. The normalized spacial score (nSPS) is 32.3. The minimum atomic E-state index is 0.142. The molecule has 6 unspecified atom stereocenters. The second kappa shape index (κ2) is 18.1. The fourth-order valence-electron chi connectivity index (χ4n) is 11.4. The molecule has 47 heavy (non-hydrogen) atoms. The number of hydrogen-bond acceptors (Lipinski definition) is 4. The number of unbranched alkanes of at least 4 members (excludes halogenated alkanes) is 2. The van der Waals surface area contributed by atoms with Crippen molar-refractivity contribution in [2.75, 3.05) is 6.54 Å². The Kier molecular flexibility index (Phi) is 14.8. The summed E-state index contributed by atoms with van der Waals surface area (Å²) in [4.78, 5) is 36.0. The Morgan fingerprint density at radius 1 is 0.745 bits per heavy atom. The third-order valence-electron chi connectivity index (χ3n) is 14.2. The molecule has 0 aromatic rings. The Balaban J connectivity index is 1.13. The van der Waals surface area contributed by atoms with Crippen LogP contribution in [0.2, 0.25) is 0 Å². The van der Waals surface area contributed by atoms with Crippen molar-refractivity contribution in [3.8, 4) is 0 Å². The lowest BCUT2D eigenvalue weighted by Gasteiger charge is -2.58. The first-order valence-electron chi connectivity index (χ1n) is 20.4. The van der Waals surface area contributed by atoms with Crippen molar-refractivity contribution in [3.05, 3.63) is 11.6 Å². The molecule has 268 valence electrons. The maximum Gasteiger partial charge on any atom is 0.134 e. The van der Waals surface area contributed by atoms with E-state index in [0.29, 0.717) is 74.5 Å². The van der Waals surface area contributed by atoms with Gasteiger partial charge in [0.15, 0.2) is 0 Å². The van der Waals surface area contributed by atoms with Gasteiger partial charge in [0.1, 0.15) is 17.3 Å². The van der Waals surface area contributed by atoms with Gasteiger partial charge in [-0.2, -0.15) is 0 Å². The highest BCUT2D eigenvalue weighted by Crippen LogP contribution is 2.67. The molecule has 4 rings (SSSR count). The maximum absolute atomic E-state index is 12.4. The van der Waals surface area contributed by atoms with Crippen molar-refractivity contribution >= 4 is 17.3 Å². The zero-order valence-electron chi connectivity index (χ0n) is 31.4. The lowest BCUT2D eigenvalue weighted by molar-refractivity contribution is -0.120. The van der Waals surface area contributed by atoms with Gasteiger partial charge in [-0.25, -0.2) is 0 Å². The predicted molar refractivity (Wildman–Crippen MR) is 196 cm³/mol. The molecule has 2 N–H and O–H groups in total. The van der Waals surface area contributed by atoms with Gasteiger partial charge in [-0.15, -0.1) is 0 Å². The number of Topliss-reactive ketones (excluding diaryl/α,β-unsaturated/α-hetero) is 3. The van der Waals surface area contributed by atoms with Crippen LogP contribution in [0, 0.1) is 52.3 Å². The van der Waals surface area contributed by atoms with E-state index in [-0.39, 0.29) is 11.6 Å². The second-order valence-electron chi connectivity index (χ2n) is 17.9. The fraction of sp³-hybridized carbons (Fsp3) is 0.884. The molecule has 0 bridgehead atoms. The van der Waals surface area contributed by atoms with Crippen molar-refractivity contribution < 1.29 is 14.4 Å². The molecule has 0 aromatic carbocycles. The van der Waals surface area contributed by atoms with E-state index < -0.39 is 0 Å². The van der Waals surface area contributed by atoms with Gasteiger partial charge in [0.05, 0.1) is 0 Å². The van der Waals surface area contributed by atoms with E-state index in [1.54, 1.807) is 0 Å². The van der Waals surface area contributed by atoms with E-state index in [9.17, 15) is 14.4 Å². The Morgan fingerprint density at radius 2 is 1.40 bits per heavy atom. The lowest BCUT2D eigenvalue weighted by Crippen LogP contribution is -2.50. The molecule has 8 atom stereocenters. The summed E-state index contributed by atoms with van der Waals surface area (Å²) in [7, 11) is 0. The highest BCUT2D eigenvalue weighted by molar-refractivity contribution is 5.82. The monoisotopic (exact) mass is 652 g/mol. The average molecular weight is 652 g/mol. The molecule has 0 spiro atoms. The molecule has 4 aliphatic carbocycles. The molecule has 3 saturated carbocycles. The summed E-state index contributed by atoms with van der Waals surface area (Å²) in [6, 6.07) is 0. The lowest BCUT2D eigenvalue weighted by atomic mass is 9.46. The Bertz CT molecular complexity index is 1060. The molecule has 0 heterocycles. The number of ketones is 3. The second-order valence-corrected chi connectivity index (χ2v) is 17.9. The summed E-state index contributed by atoms with van der Waals surface area (Å²) in [5.74, 6) is 6.88. The summed E-state index contributed by atoms with van der Waals surface area (Å²) in [6.07, 6.45) is 27.3. The van der Waals surface area contributed by atoms with Crippen LogP contribution in [-0.4, -0.2) is 23.9 Å². The number of nitrogens with two attached hydrogens (primary N) is 1. The molecule has 0 amide bonds. The van der Waals surface area contributed by atoms with Crippen LogP contribution in [-0.2, 0) is 14.4 Å². The molecule has 4 aliphatic rings. The van der Waals surface area contributed by atoms with Gasteiger partial charge in [-0.05, 0) is 129 Å². The summed E-state index contributed by atoms with van der Waals surface area (Å²) in [6.45, 7) is 13.1. The largest absolute Gasteiger partial charge is 0.330 e. The Hall–Kier alpha value is -1.29. The summed E-state index contributed by atoms with van der Waals surface area (Å²) in [5, 5.41) is 0. The van der Waals surface area contributed by atoms with Gasteiger partial charge in [0.2, 0.25) is 0 Å². The third kappa shape index (κ3) is 10.1. The number of carbonyl (C=O) groups is 3.